The molecule has 0 saturated carbocycles. The average Bonchev–Trinajstić information content (AvgIpc) is 3.36. The minimum atomic E-state index is -0.954. The van der Waals surface area contributed by atoms with Crippen molar-refractivity contribution in [3.05, 3.63) is 105 Å². The Balaban J connectivity index is 1.48. The number of Topliss-reactive ketones (excluding diaryl/α,β-unsaturated/α-hetero) is 1. The molecule has 184 valence electrons. The van der Waals surface area contributed by atoms with Crippen LogP contribution in [0.1, 0.15) is 37.9 Å². The van der Waals surface area contributed by atoms with Crippen LogP contribution < -0.4 is 10.6 Å². The lowest BCUT2D eigenvalue weighted by atomic mass is 9.83. The van der Waals surface area contributed by atoms with Gasteiger partial charge in [0.2, 0.25) is 17.7 Å². The van der Waals surface area contributed by atoms with Crippen molar-refractivity contribution >= 4 is 58.5 Å². The van der Waals surface area contributed by atoms with E-state index in [-0.39, 0.29) is 21.9 Å². The van der Waals surface area contributed by atoms with Gasteiger partial charge in [-0.15, -0.1) is 0 Å². The minimum Gasteiger partial charge on any atom is -0.366 e. The van der Waals surface area contributed by atoms with Crippen LogP contribution in [0.25, 0.3) is 6.08 Å². The number of benzene rings is 3. The lowest BCUT2D eigenvalue weighted by Crippen LogP contribution is -2.44. The van der Waals surface area contributed by atoms with E-state index in [1.807, 2.05) is 35.2 Å². The number of carbonyl (C=O) groups excluding carboxylic acids is 4. The van der Waals surface area contributed by atoms with E-state index in [2.05, 4.69) is 0 Å². The molecule has 2 saturated heterocycles. The topological polar surface area (TPSA) is 101 Å². The summed E-state index contributed by atoms with van der Waals surface area (Å²) in [6.45, 7) is 0. The highest BCUT2D eigenvalue weighted by atomic mass is 35.5. The summed E-state index contributed by atoms with van der Waals surface area (Å²) in [5, 5.41) is 0.558. The van der Waals surface area contributed by atoms with Gasteiger partial charge in [0.1, 0.15) is 6.04 Å². The summed E-state index contributed by atoms with van der Waals surface area (Å²) in [6.07, 6.45) is 3.66. The first-order valence-corrected chi connectivity index (χ1v) is 12.3. The van der Waals surface area contributed by atoms with Gasteiger partial charge in [0.15, 0.2) is 5.78 Å². The molecule has 2 fully saturated rings. The molecule has 0 aromatic heterocycles. The number of carbonyl (C=O) groups is 4. The lowest BCUT2D eigenvalue weighted by Gasteiger charge is -2.35. The molecule has 0 radical (unpaired) electrons. The molecule has 0 bridgehead atoms. The van der Waals surface area contributed by atoms with Crippen LogP contribution in [0, 0.1) is 11.8 Å². The van der Waals surface area contributed by atoms with Crippen molar-refractivity contribution in [2.45, 2.75) is 12.1 Å². The molecule has 6 rings (SSSR count). The summed E-state index contributed by atoms with van der Waals surface area (Å²) in [5.41, 5.74) is 7.93. The lowest BCUT2D eigenvalue weighted by molar-refractivity contribution is -0.123. The van der Waals surface area contributed by atoms with Crippen LogP contribution in [-0.4, -0.2) is 34.4 Å². The zero-order valence-electron chi connectivity index (χ0n) is 19.2. The van der Waals surface area contributed by atoms with Crippen molar-refractivity contribution in [1.82, 2.24) is 4.90 Å². The van der Waals surface area contributed by atoms with E-state index in [1.54, 1.807) is 18.3 Å². The highest BCUT2D eigenvalue weighted by Gasteiger charge is 2.64. The van der Waals surface area contributed by atoms with Gasteiger partial charge >= 0.3 is 0 Å². The second-order valence-electron chi connectivity index (χ2n) is 9.24. The van der Waals surface area contributed by atoms with Crippen LogP contribution in [0.4, 0.5) is 5.69 Å². The summed E-state index contributed by atoms with van der Waals surface area (Å²) in [7, 11) is 0. The summed E-state index contributed by atoms with van der Waals surface area (Å²) < 4.78 is 0. The standard InChI is InChI=1S/C28H19Cl2N3O4/c29-16-7-10-19(20(30)13-16)25(34)24-22-21(23-18-4-2-1-3-14(18)11-12-32(23)24)27(36)33(28(22)37)17-8-5-15(6-9-17)26(31)35/h1-13,21-24H,(H2,31,35)/t21-,22+,23?,24-/m0/s1. The van der Waals surface area contributed by atoms with Crippen molar-refractivity contribution in [3.63, 3.8) is 0 Å². The van der Waals surface area contributed by atoms with Gasteiger partial charge in [0, 0.05) is 22.3 Å². The van der Waals surface area contributed by atoms with Crippen molar-refractivity contribution in [1.29, 1.82) is 0 Å². The molecule has 3 aliphatic rings. The quantitative estimate of drug-likeness (QED) is 0.394. The summed E-state index contributed by atoms with van der Waals surface area (Å²) >= 11 is 12.4. The third-order valence-electron chi connectivity index (χ3n) is 7.34. The number of hydrogen-bond donors (Lipinski definition) is 1. The Hall–Kier alpha value is -3.94. The van der Waals surface area contributed by atoms with Crippen LogP contribution in [0.2, 0.25) is 10.0 Å². The van der Waals surface area contributed by atoms with E-state index in [4.69, 9.17) is 28.9 Å². The first-order chi connectivity index (χ1) is 17.8. The average molecular weight is 532 g/mol. The second kappa shape index (κ2) is 8.57. The monoisotopic (exact) mass is 531 g/mol. The molecule has 4 atom stereocenters. The molecule has 1 unspecified atom stereocenters. The van der Waals surface area contributed by atoms with Crippen molar-refractivity contribution in [3.8, 4) is 0 Å². The Morgan fingerprint density at radius 3 is 2.27 bits per heavy atom. The Labute approximate surface area is 222 Å². The van der Waals surface area contributed by atoms with E-state index in [0.29, 0.717) is 10.7 Å². The van der Waals surface area contributed by atoms with E-state index in [0.717, 1.165) is 16.0 Å². The highest BCUT2D eigenvalue weighted by molar-refractivity contribution is 6.37. The molecule has 3 amide bonds. The number of rotatable bonds is 4. The van der Waals surface area contributed by atoms with Crippen LogP contribution in [0.15, 0.2) is 72.9 Å². The van der Waals surface area contributed by atoms with Gasteiger partial charge in [-0.05, 0) is 59.7 Å². The smallest absolute Gasteiger partial charge is 0.248 e. The number of nitrogens with zero attached hydrogens (tertiary/aromatic N) is 2. The van der Waals surface area contributed by atoms with Gasteiger partial charge in [0.05, 0.1) is 28.6 Å². The van der Waals surface area contributed by atoms with Crippen LogP contribution in [0.5, 0.6) is 0 Å². The number of amides is 3. The fraction of sp³-hybridized carbons (Fsp3) is 0.143. The zero-order chi connectivity index (χ0) is 26.0. The molecule has 9 heteroatoms. The Kier molecular flexibility index (Phi) is 5.44. The second-order valence-corrected chi connectivity index (χ2v) is 10.1. The van der Waals surface area contributed by atoms with Crippen molar-refractivity contribution < 1.29 is 19.2 Å². The Bertz CT molecular complexity index is 1530. The van der Waals surface area contributed by atoms with E-state index in [1.165, 1.54) is 30.3 Å². The number of nitrogens with two attached hydrogens (primary N) is 1. The van der Waals surface area contributed by atoms with Crippen LogP contribution in [-0.2, 0) is 9.59 Å². The molecule has 3 aliphatic heterocycles. The fourth-order valence-electron chi connectivity index (χ4n) is 5.74. The summed E-state index contributed by atoms with van der Waals surface area (Å²) in [5.74, 6) is -3.60. The maximum Gasteiger partial charge on any atom is 0.248 e. The number of fused-ring (bicyclic) bond motifs is 5. The molecule has 0 aliphatic carbocycles. The van der Waals surface area contributed by atoms with E-state index in [9.17, 15) is 19.2 Å². The van der Waals surface area contributed by atoms with Gasteiger partial charge in [-0.1, -0.05) is 47.5 Å². The molecule has 3 aromatic carbocycles. The van der Waals surface area contributed by atoms with Gasteiger partial charge in [-0.25, -0.2) is 4.90 Å². The largest absolute Gasteiger partial charge is 0.366 e. The van der Waals surface area contributed by atoms with Crippen molar-refractivity contribution in [2.24, 2.45) is 17.6 Å². The molecular weight excluding hydrogens is 513 g/mol. The van der Waals surface area contributed by atoms with Crippen molar-refractivity contribution in [2.75, 3.05) is 4.90 Å². The molecule has 7 nitrogen and oxygen atoms in total. The maximum atomic E-state index is 14.0. The Morgan fingerprint density at radius 1 is 0.865 bits per heavy atom. The number of hydrogen-bond acceptors (Lipinski definition) is 5. The molecule has 37 heavy (non-hydrogen) atoms. The third-order valence-corrected chi connectivity index (χ3v) is 7.88. The predicted molar refractivity (Wildman–Crippen MR) is 139 cm³/mol. The fourth-order valence-corrected chi connectivity index (χ4v) is 6.24. The highest BCUT2D eigenvalue weighted by Crippen LogP contribution is 2.54. The van der Waals surface area contributed by atoms with Gasteiger partial charge in [0.25, 0.3) is 0 Å². The SMILES string of the molecule is NC(=O)c1ccc(N2C(=O)[C@@H]3[C@H](C2=O)C2c4ccccc4C=CN2[C@@H]3C(=O)c2ccc(Cl)cc2Cl)cc1. The van der Waals surface area contributed by atoms with Gasteiger partial charge in [-0.3, -0.25) is 19.2 Å². The summed E-state index contributed by atoms with van der Waals surface area (Å²) in [6, 6.07) is 16.7. The Morgan fingerprint density at radius 2 is 1.57 bits per heavy atom. The first kappa shape index (κ1) is 23.5. The minimum absolute atomic E-state index is 0.176. The summed E-state index contributed by atoms with van der Waals surface area (Å²) in [4.78, 5) is 56.2. The molecule has 3 aromatic rings. The van der Waals surface area contributed by atoms with E-state index >= 15 is 0 Å². The first-order valence-electron chi connectivity index (χ1n) is 11.6. The number of imide groups is 1. The van der Waals surface area contributed by atoms with E-state index < -0.39 is 41.6 Å². The van der Waals surface area contributed by atoms with Gasteiger partial charge in [-0.2, -0.15) is 0 Å². The molecule has 2 N–H and O–H groups in total. The number of halogens is 2. The number of anilines is 1. The van der Waals surface area contributed by atoms with Crippen LogP contribution >= 0.6 is 23.2 Å². The maximum absolute atomic E-state index is 14.0. The third kappa shape index (κ3) is 3.49. The van der Waals surface area contributed by atoms with Crippen LogP contribution in [0.3, 0.4) is 0 Å². The van der Waals surface area contributed by atoms with Gasteiger partial charge < -0.3 is 10.6 Å². The molecule has 3 heterocycles. The number of primary amides is 1. The molecule has 0 spiro atoms. The predicted octanol–water partition coefficient (Wildman–Crippen LogP) is 4.49. The zero-order valence-corrected chi connectivity index (χ0v) is 20.7. The normalized spacial score (nSPS) is 23.6. The number of ketones is 1. The molecular formula is C28H19Cl2N3O4.